The van der Waals surface area contributed by atoms with Crippen LogP contribution in [0.25, 0.3) is 0 Å². The summed E-state index contributed by atoms with van der Waals surface area (Å²) in [7, 11) is -1.80. The lowest BCUT2D eigenvalue weighted by atomic mass is 10.1. The molecule has 1 aliphatic heterocycles. The Hall–Kier alpha value is -1.15. The van der Waals surface area contributed by atoms with E-state index in [1.54, 1.807) is 12.1 Å². The zero-order valence-electron chi connectivity index (χ0n) is 15.7. The minimum Gasteiger partial charge on any atom is -0.404 e. The molecule has 1 aromatic rings. The maximum atomic E-state index is 13.0. The van der Waals surface area contributed by atoms with Gasteiger partial charge in [-0.05, 0) is 55.6 Å². The average molecular weight is 349 g/mol. The Morgan fingerprint density at radius 3 is 2.42 bits per heavy atom. The lowest BCUT2D eigenvalue weighted by Crippen LogP contribution is -2.43. The minimum absolute atomic E-state index is 0.0153. The van der Waals surface area contributed by atoms with Crippen molar-refractivity contribution in [1.82, 2.24) is 0 Å². The molecule has 2 rings (SSSR count). The van der Waals surface area contributed by atoms with E-state index in [2.05, 4.69) is 45.7 Å². The molecule has 0 amide bonds. The molecular weight excluding hydrogens is 319 g/mol. The highest BCUT2D eigenvalue weighted by Crippen LogP contribution is 2.37. The molecule has 0 aromatic heterocycles. The van der Waals surface area contributed by atoms with Gasteiger partial charge in [-0.2, -0.15) is 0 Å². The van der Waals surface area contributed by atoms with E-state index in [0.29, 0.717) is 0 Å². The number of halogens is 1. The summed E-state index contributed by atoms with van der Waals surface area (Å²) in [6.45, 7) is 13.2. The highest BCUT2D eigenvalue weighted by Gasteiger charge is 2.38. The zero-order chi connectivity index (χ0) is 18.0. The molecule has 24 heavy (non-hydrogen) atoms. The molecule has 1 fully saturated rings. The first-order valence-electron chi connectivity index (χ1n) is 8.68. The van der Waals surface area contributed by atoms with E-state index >= 15 is 0 Å². The number of rotatable bonds is 3. The fourth-order valence-corrected chi connectivity index (χ4v) is 3.82. The molecule has 1 unspecified atom stereocenters. The van der Waals surface area contributed by atoms with Crippen LogP contribution in [0.3, 0.4) is 0 Å². The Morgan fingerprint density at radius 2 is 1.83 bits per heavy atom. The van der Waals surface area contributed by atoms with Gasteiger partial charge in [0.25, 0.3) is 0 Å². The highest BCUT2D eigenvalue weighted by molar-refractivity contribution is 6.74. The quantitative estimate of drug-likeness (QED) is 0.533. The summed E-state index contributed by atoms with van der Waals surface area (Å²) < 4.78 is 25.3. The van der Waals surface area contributed by atoms with Gasteiger partial charge in [-0.3, -0.25) is 0 Å². The van der Waals surface area contributed by atoms with E-state index in [0.717, 1.165) is 18.4 Å². The van der Waals surface area contributed by atoms with E-state index in [1.165, 1.54) is 12.1 Å². The predicted octanol–water partition coefficient (Wildman–Crippen LogP) is 5.46. The first kappa shape index (κ1) is 19.2. The van der Waals surface area contributed by atoms with Gasteiger partial charge < -0.3 is 9.16 Å². The summed E-state index contributed by atoms with van der Waals surface area (Å²) in [5, 5.41) is 0.181. The molecule has 1 heterocycles. The molecule has 0 radical (unpaired) electrons. The van der Waals surface area contributed by atoms with Crippen molar-refractivity contribution >= 4 is 8.32 Å². The number of hydrogen-bond donors (Lipinski definition) is 0. The van der Waals surface area contributed by atoms with Gasteiger partial charge in [0, 0.05) is 0 Å². The lowest BCUT2D eigenvalue weighted by molar-refractivity contribution is 0.0758. The monoisotopic (exact) mass is 348 g/mol. The second-order valence-corrected chi connectivity index (χ2v) is 12.8. The fraction of sp³-hybridized carbons (Fsp3) is 0.600. The van der Waals surface area contributed by atoms with E-state index in [-0.39, 0.29) is 29.2 Å². The molecule has 0 bridgehead atoms. The highest BCUT2D eigenvalue weighted by atomic mass is 28.4. The molecule has 0 N–H and O–H groups in total. The molecule has 0 saturated carbocycles. The Kier molecular flexibility index (Phi) is 5.90. The minimum atomic E-state index is -1.80. The number of hydrogen-bond acceptors (Lipinski definition) is 2. The first-order valence-corrected chi connectivity index (χ1v) is 11.6. The van der Waals surface area contributed by atoms with Crippen LogP contribution in [-0.4, -0.2) is 20.5 Å². The number of ether oxygens (including phenoxy) is 1. The van der Waals surface area contributed by atoms with Crippen LogP contribution in [0.4, 0.5) is 4.39 Å². The Morgan fingerprint density at radius 1 is 1.21 bits per heavy atom. The van der Waals surface area contributed by atoms with Gasteiger partial charge in [-0.15, -0.1) is 0 Å². The van der Waals surface area contributed by atoms with Crippen LogP contribution in [0.1, 0.15) is 52.2 Å². The van der Waals surface area contributed by atoms with Gasteiger partial charge in [-0.25, -0.2) is 4.39 Å². The van der Waals surface area contributed by atoms with Crippen molar-refractivity contribution in [2.45, 2.75) is 77.0 Å². The second-order valence-electron chi connectivity index (χ2n) is 8.05. The van der Waals surface area contributed by atoms with Crippen molar-refractivity contribution in [3.05, 3.63) is 35.6 Å². The van der Waals surface area contributed by atoms with Crippen molar-refractivity contribution < 1.29 is 13.6 Å². The third-order valence-electron chi connectivity index (χ3n) is 4.99. The predicted molar refractivity (Wildman–Crippen MR) is 98.8 cm³/mol. The third kappa shape index (κ3) is 4.92. The molecule has 4 heteroatoms. The summed E-state index contributed by atoms with van der Waals surface area (Å²) in [6, 6.07) is 6.54. The zero-order valence-corrected chi connectivity index (χ0v) is 16.7. The van der Waals surface area contributed by atoms with E-state index < -0.39 is 8.32 Å². The van der Waals surface area contributed by atoms with Gasteiger partial charge in [-0.1, -0.05) is 44.7 Å². The molecule has 0 spiro atoms. The summed E-state index contributed by atoms with van der Waals surface area (Å²) >= 11 is 0. The first-order chi connectivity index (χ1) is 11.1. The summed E-state index contributed by atoms with van der Waals surface area (Å²) in [4.78, 5) is 0. The van der Waals surface area contributed by atoms with E-state index in [9.17, 15) is 4.39 Å². The second kappa shape index (κ2) is 7.39. The van der Waals surface area contributed by atoms with Crippen molar-refractivity contribution in [3.8, 4) is 11.8 Å². The average Bonchev–Trinajstić information content (AvgIpc) is 2.93. The molecule has 3 atom stereocenters. The van der Waals surface area contributed by atoms with Crippen LogP contribution >= 0.6 is 0 Å². The van der Waals surface area contributed by atoms with Crippen molar-refractivity contribution in [1.29, 1.82) is 0 Å². The molecule has 1 aliphatic rings. The van der Waals surface area contributed by atoms with Gasteiger partial charge in [0.2, 0.25) is 0 Å². The topological polar surface area (TPSA) is 18.5 Å². The standard InChI is InChI=1S/C20H29FO2Si/c1-15(23-24(5,6)20(2,3)4)7-12-18-13-14-19(22-18)16-8-10-17(21)11-9-16/h8-11,15,18-19H,13-14H2,1-6H3/t15?,18-,19-/m0/s1. The summed E-state index contributed by atoms with van der Waals surface area (Å²) in [5.74, 6) is 6.21. The summed E-state index contributed by atoms with van der Waals surface area (Å²) in [5.41, 5.74) is 1.02. The summed E-state index contributed by atoms with van der Waals surface area (Å²) in [6.07, 6.45) is 1.69. The van der Waals surface area contributed by atoms with Crippen molar-refractivity contribution in [2.24, 2.45) is 0 Å². The van der Waals surface area contributed by atoms with Crippen LogP contribution in [0.15, 0.2) is 24.3 Å². The maximum Gasteiger partial charge on any atom is 0.193 e. The third-order valence-corrected chi connectivity index (χ3v) is 9.54. The molecule has 2 nitrogen and oxygen atoms in total. The fourth-order valence-electron chi connectivity index (χ4n) is 2.52. The van der Waals surface area contributed by atoms with Crippen LogP contribution in [0.5, 0.6) is 0 Å². The Balaban J connectivity index is 1.91. The van der Waals surface area contributed by atoms with Gasteiger partial charge in [0.05, 0.1) is 6.10 Å². The maximum absolute atomic E-state index is 13.0. The van der Waals surface area contributed by atoms with E-state index in [1.807, 2.05) is 6.92 Å². The smallest absolute Gasteiger partial charge is 0.193 e. The Labute approximate surface area is 146 Å². The SMILES string of the molecule is CC(C#C[C@H]1CC[C@@H](c2ccc(F)cc2)O1)O[Si](C)(C)C(C)(C)C. The Bertz CT molecular complexity index is 607. The van der Waals surface area contributed by atoms with Crippen LogP contribution in [0.2, 0.25) is 18.1 Å². The lowest BCUT2D eigenvalue weighted by Gasteiger charge is -2.37. The van der Waals surface area contributed by atoms with Crippen molar-refractivity contribution in [3.63, 3.8) is 0 Å². The van der Waals surface area contributed by atoms with Crippen LogP contribution < -0.4 is 0 Å². The molecule has 0 aliphatic carbocycles. The molecule has 1 saturated heterocycles. The van der Waals surface area contributed by atoms with Crippen LogP contribution in [-0.2, 0) is 9.16 Å². The molecule has 1 aromatic carbocycles. The van der Waals surface area contributed by atoms with E-state index in [4.69, 9.17) is 9.16 Å². The molecular formula is C20H29FO2Si. The molecule has 132 valence electrons. The van der Waals surface area contributed by atoms with Gasteiger partial charge in [0.15, 0.2) is 8.32 Å². The normalized spacial score (nSPS) is 22.8. The largest absolute Gasteiger partial charge is 0.404 e. The number of benzene rings is 1. The van der Waals surface area contributed by atoms with Crippen molar-refractivity contribution in [2.75, 3.05) is 0 Å². The van der Waals surface area contributed by atoms with Crippen LogP contribution in [0, 0.1) is 17.7 Å². The van der Waals surface area contributed by atoms with Gasteiger partial charge in [0.1, 0.15) is 18.0 Å². The van der Waals surface area contributed by atoms with Gasteiger partial charge >= 0.3 is 0 Å².